The van der Waals surface area contributed by atoms with Gasteiger partial charge in [0.25, 0.3) is 19.4 Å². The number of nitrogens with two attached hydrogens (primary N) is 2. The molecule has 4 aromatic rings. The molecule has 2 fully saturated rings. The highest BCUT2D eigenvalue weighted by Crippen LogP contribution is 2.40. The number of rotatable bonds is 7. The first kappa shape index (κ1) is 45.0. The lowest BCUT2D eigenvalue weighted by Crippen LogP contribution is -2.39. The molecule has 22 heteroatoms. The largest absolute Gasteiger partial charge is 0.474 e. The average molecular weight is 896 g/mol. The molecule has 8 rings (SSSR count). The van der Waals surface area contributed by atoms with Crippen molar-refractivity contribution in [1.29, 1.82) is 0 Å². The van der Waals surface area contributed by atoms with Crippen LogP contribution in [0, 0.1) is 0 Å². The Labute approximate surface area is 347 Å². The SMILES string of the molecule is CN(C)C1CCC(Oc2ncnc3sc4c(c23)CN(S(N)(=O)=O)CC4)CC1.CN(C)C1CCC(Oc2ncnc3sc4c(c23)CNCC4)CC1.Cl.NS(=O)(=O)Cl. The Kier molecular flexibility index (Phi) is 15.5. The van der Waals surface area contributed by atoms with Crippen LogP contribution in [0.2, 0.25) is 0 Å². The number of halogens is 2. The molecule has 56 heavy (non-hydrogen) atoms. The Hall–Kier alpha value is -2.08. The molecule has 16 nitrogen and oxygen atoms in total. The van der Waals surface area contributed by atoms with Crippen LogP contribution in [-0.2, 0) is 45.4 Å². The average Bonchev–Trinajstić information content (AvgIpc) is 3.70. The summed E-state index contributed by atoms with van der Waals surface area (Å²) in [6, 6.07) is 1.30. The van der Waals surface area contributed by atoms with E-state index in [1.807, 2.05) is 0 Å². The van der Waals surface area contributed by atoms with Crippen LogP contribution in [0.5, 0.6) is 11.8 Å². The molecule has 0 amide bonds. The van der Waals surface area contributed by atoms with Gasteiger partial charge >= 0.3 is 0 Å². The molecule has 2 aliphatic heterocycles. The van der Waals surface area contributed by atoms with Crippen LogP contribution in [0.4, 0.5) is 0 Å². The smallest absolute Gasteiger partial charge is 0.294 e. The van der Waals surface area contributed by atoms with Crippen molar-refractivity contribution < 1.29 is 26.3 Å². The summed E-state index contributed by atoms with van der Waals surface area (Å²) < 4.78 is 55.8. The van der Waals surface area contributed by atoms with E-state index in [4.69, 9.17) is 14.6 Å². The first-order chi connectivity index (χ1) is 26.0. The maximum absolute atomic E-state index is 11.8. The highest BCUT2D eigenvalue weighted by Gasteiger charge is 2.31. The molecule has 0 atom stereocenters. The number of thiophene rings is 2. The second-order valence-electron chi connectivity index (χ2n) is 14.8. The van der Waals surface area contributed by atoms with Gasteiger partial charge in [0.1, 0.15) is 34.5 Å². The zero-order valence-corrected chi connectivity index (χ0v) is 36.9. The van der Waals surface area contributed by atoms with Crippen LogP contribution >= 0.6 is 45.8 Å². The third-order valence-electron chi connectivity index (χ3n) is 10.7. The molecule has 2 aliphatic carbocycles. The quantitative estimate of drug-likeness (QED) is 0.225. The standard InChI is InChI=1S/C17H25N5O3S2.C17H24N4OS.ClH2NO2S.ClH/c1-21(2)11-3-5-12(6-4-11)25-16-15-13-9-22(27(18,23)24)8-7-14(13)26-17(15)20-10-19-16;1-21(2)11-3-5-12(6-4-11)22-16-15-13-9-18-8-7-14(13)23-17(15)20-10-19-16;1-5(2,3)4;/h10-12H,3-9H2,1-2H3,(H2,18,23,24);10-12,18H,3-9H2,1-2H3;(H2,2,3,4);1H. The van der Waals surface area contributed by atoms with E-state index in [9.17, 15) is 16.8 Å². The van der Waals surface area contributed by atoms with Crippen molar-refractivity contribution in [1.82, 2.24) is 39.4 Å². The number of nitrogens with zero attached hydrogens (tertiary/aromatic N) is 7. The number of hydrogen-bond donors (Lipinski definition) is 3. The van der Waals surface area contributed by atoms with Crippen LogP contribution in [-0.4, -0.2) is 116 Å². The van der Waals surface area contributed by atoms with Crippen LogP contribution < -0.4 is 25.1 Å². The van der Waals surface area contributed by atoms with Crippen LogP contribution in [0.3, 0.4) is 0 Å². The normalized spacial score (nSPS) is 22.9. The second kappa shape index (κ2) is 19.3. The molecule has 312 valence electrons. The summed E-state index contributed by atoms with van der Waals surface area (Å²) in [4.78, 5) is 26.8. The van der Waals surface area contributed by atoms with E-state index in [0.717, 1.165) is 94.8 Å². The van der Waals surface area contributed by atoms with Gasteiger partial charge in [0.15, 0.2) is 0 Å². The van der Waals surface area contributed by atoms with E-state index in [2.05, 4.69) is 79.1 Å². The molecule has 0 bridgehead atoms. The summed E-state index contributed by atoms with van der Waals surface area (Å²) >= 11 is 3.40. The summed E-state index contributed by atoms with van der Waals surface area (Å²) in [5.41, 5.74) is 2.29. The Bertz CT molecular complexity index is 2150. The van der Waals surface area contributed by atoms with Gasteiger partial charge < -0.3 is 24.6 Å². The monoisotopic (exact) mass is 894 g/mol. The van der Waals surface area contributed by atoms with Gasteiger partial charge in [-0.15, -0.1) is 35.1 Å². The minimum Gasteiger partial charge on any atom is -0.474 e. The number of ether oxygens (including phenoxy) is 2. The summed E-state index contributed by atoms with van der Waals surface area (Å²) in [5.74, 6) is 1.37. The lowest BCUT2D eigenvalue weighted by atomic mass is 9.92. The van der Waals surface area contributed by atoms with Crippen molar-refractivity contribution in [2.45, 2.75) is 102 Å². The fourth-order valence-corrected chi connectivity index (χ4v) is 10.7. The molecule has 4 aromatic heterocycles. The van der Waals surface area contributed by atoms with Gasteiger partial charge in [0.2, 0.25) is 11.8 Å². The third kappa shape index (κ3) is 11.6. The number of nitrogens with one attached hydrogen (secondary N) is 1. The van der Waals surface area contributed by atoms with Crippen molar-refractivity contribution >= 4 is 85.6 Å². The van der Waals surface area contributed by atoms with Crippen molar-refractivity contribution in [3.63, 3.8) is 0 Å². The number of fused-ring (bicyclic) bond motifs is 6. The molecule has 0 unspecified atom stereocenters. The summed E-state index contributed by atoms with van der Waals surface area (Å²) in [6.07, 6.45) is 14.1. The Morgan fingerprint density at radius 3 is 1.64 bits per heavy atom. The molecule has 5 N–H and O–H groups in total. The second-order valence-corrected chi connectivity index (χ2v) is 20.7. The Morgan fingerprint density at radius 1 is 0.750 bits per heavy atom. The van der Waals surface area contributed by atoms with Crippen molar-refractivity contribution in [2.24, 2.45) is 10.3 Å². The Morgan fingerprint density at radius 2 is 1.20 bits per heavy atom. The van der Waals surface area contributed by atoms with Gasteiger partial charge in [0.05, 0.1) is 10.8 Å². The van der Waals surface area contributed by atoms with E-state index >= 15 is 0 Å². The minimum atomic E-state index is -3.72. The summed E-state index contributed by atoms with van der Waals surface area (Å²) in [7, 11) is 5.45. The van der Waals surface area contributed by atoms with Gasteiger partial charge in [-0.25, -0.2) is 30.2 Å². The van der Waals surface area contributed by atoms with Gasteiger partial charge in [-0.2, -0.15) is 21.1 Å². The molecule has 0 radical (unpaired) electrons. The van der Waals surface area contributed by atoms with Crippen molar-refractivity contribution in [3.05, 3.63) is 33.5 Å². The first-order valence-electron chi connectivity index (χ1n) is 18.4. The minimum absolute atomic E-state index is 0. The number of aromatic nitrogens is 4. The highest BCUT2D eigenvalue weighted by atomic mass is 35.7. The first-order valence-corrected chi connectivity index (χ1v) is 23.9. The lowest BCUT2D eigenvalue weighted by molar-refractivity contribution is 0.108. The zero-order valence-electron chi connectivity index (χ0n) is 32.0. The number of hydrogen-bond acceptors (Lipinski definition) is 15. The van der Waals surface area contributed by atoms with Crippen molar-refractivity contribution in [2.75, 3.05) is 41.3 Å². The van der Waals surface area contributed by atoms with E-state index < -0.39 is 19.4 Å². The Balaban J connectivity index is 0.000000190. The van der Waals surface area contributed by atoms with E-state index in [1.54, 1.807) is 29.0 Å². The van der Waals surface area contributed by atoms with E-state index in [-0.39, 0.29) is 31.2 Å². The van der Waals surface area contributed by atoms with E-state index in [0.29, 0.717) is 30.9 Å². The summed E-state index contributed by atoms with van der Waals surface area (Å²) in [6.45, 7) is 2.62. The van der Waals surface area contributed by atoms with Crippen LogP contribution in [0.15, 0.2) is 12.7 Å². The fraction of sp³-hybridized carbons (Fsp3) is 0.647. The molecule has 0 aromatic carbocycles. The topological polar surface area (TPSA) is 212 Å². The maximum atomic E-state index is 11.8. The van der Waals surface area contributed by atoms with E-state index in [1.165, 1.54) is 33.9 Å². The predicted octanol–water partition coefficient (Wildman–Crippen LogP) is 3.94. The highest BCUT2D eigenvalue weighted by molar-refractivity contribution is 8.11. The third-order valence-corrected chi connectivity index (χ3v) is 14.1. The van der Waals surface area contributed by atoms with Gasteiger partial charge in [0, 0.05) is 58.7 Å². The molecule has 2 saturated carbocycles. The predicted molar refractivity (Wildman–Crippen MR) is 224 cm³/mol. The molecular weight excluding hydrogens is 844 g/mol. The van der Waals surface area contributed by atoms with Gasteiger partial charge in [-0.1, -0.05) is 0 Å². The maximum Gasteiger partial charge on any atom is 0.294 e. The molecule has 0 spiro atoms. The molecule has 6 heterocycles. The molecular formula is C34H52Cl2N10O6S4. The van der Waals surface area contributed by atoms with Gasteiger partial charge in [-0.05, 0) is 104 Å². The molecule has 4 aliphatic rings. The van der Waals surface area contributed by atoms with Gasteiger partial charge in [-0.3, -0.25) is 0 Å². The zero-order chi connectivity index (χ0) is 39.5. The fourth-order valence-electron chi connectivity index (χ4n) is 7.74. The van der Waals surface area contributed by atoms with Crippen LogP contribution in [0.25, 0.3) is 20.4 Å². The van der Waals surface area contributed by atoms with Crippen LogP contribution in [0.1, 0.15) is 72.2 Å². The van der Waals surface area contributed by atoms with Crippen molar-refractivity contribution in [3.8, 4) is 11.8 Å². The summed E-state index contributed by atoms with van der Waals surface area (Å²) in [5, 5.41) is 14.9. The lowest BCUT2D eigenvalue weighted by Gasteiger charge is -2.32. The molecule has 0 saturated heterocycles.